The highest BCUT2D eigenvalue weighted by Gasteiger charge is 2.17. The van der Waals surface area contributed by atoms with E-state index in [0.717, 1.165) is 19.3 Å². The van der Waals surface area contributed by atoms with Crippen molar-refractivity contribution in [1.29, 1.82) is 0 Å². The summed E-state index contributed by atoms with van der Waals surface area (Å²) in [5.74, 6) is -0.947. The Hall–Kier alpha value is -1.10. The molecular formula is C19H37NO4. The number of aliphatic hydroxyl groups is 1. The Morgan fingerprint density at radius 3 is 1.54 bits per heavy atom. The second kappa shape index (κ2) is 16.7. The Bertz CT molecular complexity index is 320. The molecule has 142 valence electrons. The van der Waals surface area contributed by atoms with Crippen LogP contribution in [0, 0.1) is 0 Å². The third kappa shape index (κ3) is 15.8. The molecule has 0 aromatic carbocycles. The summed E-state index contributed by atoms with van der Waals surface area (Å²) in [6.07, 6.45) is 15.5. The number of nitrogens with two attached hydrogens (primary N) is 1. The average Bonchev–Trinajstić information content (AvgIpc) is 2.54. The first kappa shape index (κ1) is 22.9. The first-order valence-corrected chi connectivity index (χ1v) is 9.77. The largest absolute Gasteiger partial charge is 0.412 e. The molecule has 24 heavy (non-hydrogen) atoms. The van der Waals surface area contributed by atoms with Crippen LogP contribution in [-0.2, 0) is 9.53 Å². The van der Waals surface area contributed by atoms with Gasteiger partial charge in [-0.3, -0.25) is 0 Å². The number of ether oxygens (including phenoxy) is 1. The number of carbonyl (C=O) groups excluding carboxylic acids is 2. The van der Waals surface area contributed by atoms with Crippen LogP contribution in [-0.4, -0.2) is 23.3 Å². The molecule has 0 bridgehead atoms. The fraction of sp³-hybridized carbons (Fsp3) is 0.895. The minimum atomic E-state index is -1.24. The quantitative estimate of drug-likeness (QED) is 0.238. The molecule has 5 heteroatoms. The number of carbonyl (C=O) groups is 2. The number of primary amides is 1. The molecule has 1 atom stereocenters. The van der Waals surface area contributed by atoms with Crippen LogP contribution < -0.4 is 5.73 Å². The normalized spacial score (nSPS) is 12.1. The van der Waals surface area contributed by atoms with Gasteiger partial charge >= 0.3 is 12.1 Å². The number of esters is 1. The minimum absolute atomic E-state index is 0.324. The number of unbranched alkanes of at least 4 members (excludes halogenated alkanes) is 13. The van der Waals surface area contributed by atoms with E-state index in [1.54, 1.807) is 0 Å². The summed E-state index contributed by atoms with van der Waals surface area (Å²) in [7, 11) is 0. The lowest BCUT2D eigenvalue weighted by Gasteiger charge is -2.08. The first-order valence-electron chi connectivity index (χ1n) is 9.77. The molecule has 0 aliphatic heterocycles. The molecule has 3 N–H and O–H groups in total. The summed E-state index contributed by atoms with van der Waals surface area (Å²) >= 11 is 0. The molecule has 1 amide bonds. The number of amides is 1. The van der Waals surface area contributed by atoms with Crippen molar-refractivity contribution in [1.82, 2.24) is 0 Å². The van der Waals surface area contributed by atoms with Crippen molar-refractivity contribution >= 4 is 12.1 Å². The van der Waals surface area contributed by atoms with Crippen LogP contribution in [0.5, 0.6) is 0 Å². The van der Waals surface area contributed by atoms with Crippen LogP contribution >= 0.6 is 0 Å². The van der Waals surface area contributed by atoms with Gasteiger partial charge in [-0.25, -0.2) is 9.59 Å². The van der Waals surface area contributed by atoms with Gasteiger partial charge in [-0.15, -0.1) is 0 Å². The maximum absolute atomic E-state index is 11.1. The lowest BCUT2D eigenvalue weighted by atomic mass is 10.0. The highest BCUT2D eigenvalue weighted by atomic mass is 16.6. The van der Waals surface area contributed by atoms with Crippen molar-refractivity contribution < 1.29 is 19.4 Å². The zero-order valence-electron chi connectivity index (χ0n) is 15.4. The SMILES string of the molecule is CCCCCCCCCCCCCCCCC(O)C(=O)OC(N)=O. The maximum atomic E-state index is 11.1. The van der Waals surface area contributed by atoms with Crippen LogP contribution in [0.3, 0.4) is 0 Å². The summed E-state index contributed by atoms with van der Waals surface area (Å²) in [5.41, 5.74) is 4.72. The molecule has 0 saturated carbocycles. The van der Waals surface area contributed by atoms with E-state index in [-0.39, 0.29) is 0 Å². The molecule has 0 saturated heterocycles. The van der Waals surface area contributed by atoms with E-state index in [1.807, 2.05) is 0 Å². The molecule has 1 unspecified atom stereocenters. The highest BCUT2D eigenvalue weighted by molar-refractivity contribution is 5.86. The Labute approximate surface area is 147 Å². The average molecular weight is 344 g/mol. The number of hydrogen-bond donors (Lipinski definition) is 2. The second-order valence-electron chi connectivity index (χ2n) is 6.64. The smallest absolute Gasteiger partial charge is 0.381 e. The summed E-state index contributed by atoms with van der Waals surface area (Å²) in [6, 6.07) is 0. The molecule has 0 aromatic rings. The third-order valence-corrected chi connectivity index (χ3v) is 4.30. The molecule has 0 aliphatic rings. The molecular weight excluding hydrogens is 306 g/mol. The van der Waals surface area contributed by atoms with Crippen molar-refractivity contribution in [3.63, 3.8) is 0 Å². The Balaban J connectivity index is 3.22. The Morgan fingerprint density at radius 1 is 0.792 bits per heavy atom. The van der Waals surface area contributed by atoms with Gasteiger partial charge < -0.3 is 15.6 Å². The van der Waals surface area contributed by atoms with Crippen molar-refractivity contribution in [3.05, 3.63) is 0 Å². The Morgan fingerprint density at radius 2 is 1.17 bits per heavy atom. The van der Waals surface area contributed by atoms with Crippen LogP contribution in [0.25, 0.3) is 0 Å². The van der Waals surface area contributed by atoms with Crippen molar-refractivity contribution in [3.8, 4) is 0 Å². The van der Waals surface area contributed by atoms with Gasteiger partial charge in [-0.05, 0) is 6.42 Å². The van der Waals surface area contributed by atoms with E-state index in [0.29, 0.717) is 6.42 Å². The fourth-order valence-corrected chi connectivity index (χ4v) is 2.82. The Kier molecular flexibility index (Phi) is 16.0. The molecule has 0 aliphatic carbocycles. The topological polar surface area (TPSA) is 89.6 Å². The molecule has 0 fully saturated rings. The van der Waals surface area contributed by atoms with E-state index >= 15 is 0 Å². The number of aliphatic hydroxyl groups excluding tert-OH is 1. The molecule has 0 radical (unpaired) electrons. The van der Waals surface area contributed by atoms with Crippen LogP contribution in [0.1, 0.15) is 103 Å². The summed E-state index contributed by atoms with van der Waals surface area (Å²) in [5, 5.41) is 9.48. The van der Waals surface area contributed by atoms with Crippen LogP contribution in [0.15, 0.2) is 0 Å². The van der Waals surface area contributed by atoms with E-state index in [4.69, 9.17) is 5.73 Å². The van der Waals surface area contributed by atoms with Crippen LogP contribution in [0.4, 0.5) is 4.79 Å². The molecule has 5 nitrogen and oxygen atoms in total. The lowest BCUT2D eigenvalue weighted by molar-refractivity contribution is -0.146. The van der Waals surface area contributed by atoms with Gasteiger partial charge in [0.15, 0.2) is 6.10 Å². The molecule has 0 spiro atoms. The molecule has 0 rings (SSSR count). The lowest BCUT2D eigenvalue weighted by Crippen LogP contribution is -2.28. The maximum Gasteiger partial charge on any atom is 0.412 e. The predicted molar refractivity (Wildman–Crippen MR) is 96.6 cm³/mol. The number of rotatable bonds is 16. The predicted octanol–water partition coefficient (Wildman–Crippen LogP) is 4.84. The van der Waals surface area contributed by atoms with Gasteiger partial charge in [-0.2, -0.15) is 0 Å². The van der Waals surface area contributed by atoms with E-state index in [1.165, 1.54) is 70.6 Å². The fourth-order valence-electron chi connectivity index (χ4n) is 2.82. The van der Waals surface area contributed by atoms with Gasteiger partial charge in [0.25, 0.3) is 0 Å². The number of hydrogen-bond acceptors (Lipinski definition) is 4. The third-order valence-electron chi connectivity index (χ3n) is 4.30. The van der Waals surface area contributed by atoms with E-state index in [9.17, 15) is 14.7 Å². The van der Waals surface area contributed by atoms with Gasteiger partial charge in [-0.1, -0.05) is 96.8 Å². The standard InChI is InChI=1S/C19H37NO4/c1-2-3-4-5-6-7-8-9-10-11-12-13-14-15-16-17(21)18(22)24-19(20)23/h17,21H,2-16H2,1H3,(H2,20,23). The summed E-state index contributed by atoms with van der Waals surface area (Å²) < 4.78 is 4.13. The van der Waals surface area contributed by atoms with Crippen molar-refractivity contribution in [2.24, 2.45) is 5.73 Å². The monoisotopic (exact) mass is 343 g/mol. The minimum Gasteiger partial charge on any atom is -0.381 e. The summed E-state index contributed by atoms with van der Waals surface area (Å²) in [4.78, 5) is 21.5. The van der Waals surface area contributed by atoms with Crippen LogP contribution in [0.2, 0.25) is 0 Å². The van der Waals surface area contributed by atoms with Crippen molar-refractivity contribution in [2.75, 3.05) is 0 Å². The second-order valence-corrected chi connectivity index (χ2v) is 6.64. The van der Waals surface area contributed by atoms with Gasteiger partial charge in [0.2, 0.25) is 0 Å². The van der Waals surface area contributed by atoms with E-state index in [2.05, 4.69) is 11.7 Å². The summed E-state index contributed by atoms with van der Waals surface area (Å²) in [6.45, 7) is 2.25. The van der Waals surface area contributed by atoms with Crippen molar-refractivity contribution in [2.45, 2.75) is 109 Å². The van der Waals surface area contributed by atoms with Gasteiger partial charge in [0.05, 0.1) is 0 Å². The first-order chi connectivity index (χ1) is 11.6. The van der Waals surface area contributed by atoms with E-state index < -0.39 is 18.2 Å². The molecule has 0 aromatic heterocycles. The highest BCUT2D eigenvalue weighted by Crippen LogP contribution is 2.13. The van der Waals surface area contributed by atoms with Gasteiger partial charge in [0, 0.05) is 0 Å². The zero-order chi connectivity index (χ0) is 18.0. The van der Waals surface area contributed by atoms with Gasteiger partial charge in [0.1, 0.15) is 0 Å². The molecule has 0 heterocycles. The zero-order valence-corrected chi connectivity index (χ0v) is 15.4.